The molecular formula is C21H33NO5. The molecule has 1 aromatic carbocycles. The van der Waals surface area contributed by atoms with E-state index in [4.69, 9.17) is 9.47 Å². The lowest BCUT2D eigenvalue weighted by atomic mass is 9.96. The van der Waals surface area contributed by atoms with Crippen LogP contribution in [0.1, 0.15) is 59.4 Å². The second kappa shape index (κ2) is 10.8. The Bertz CT molecular complexity index is 592. The van der Waals surface area contributed by atoms with Gasteiger partial charge in [-0.3, -0.25) is 4.79 Å². The maximum absolute atomic E-state index is 12.2. The Hall–Kier alpha value is -2.24. The molecule has 1 aromatic rings. The van der Waals surface area contributed by atoms with E-state index in [2.05, 4.69) is 5.32 Å². The molecule has 2 atom stereocenters. The first kappa shape index (κ1) is 22.8. The standard InChI is InChI=1S/C21H33NO5/c1-6-7-12-26-19(24)15(2)13-17(22-20(25)27-21(3,4)5)14-16-8-10-18(23)11-9-16/h8-11,15,17,23H,6-7,12-14H2,1-5H3,(H,22,25)/t15?,17-/m1/s1. The molecule has 0 aromatic heterocycles. The number of aromatic hydroxyl groups is 1. The summed E-state index contributed by atoms with van der Waals surface area (Å²) in [5.74, 6) is -0.424. The molecule has 0 fully saturated rings. The smallest absolute Gasteiger partial charge is 0.407 e. The van der Waals surface area contributed by atoms with Gasteiger partial charge >= 0.3 is 12.1 Å². The number of nitrogens with one attached hydrogen (secondary N) is 1. The number of benzene rings is 1. The number of hydrogen-bond donors (Lipinski definition) is 2. The van der Waals surface area contributed by atoms with Gasteiger partial charge in [0, 0.05) is 6.04 Å². The minimum absolute atomic E-state index is 0.184. The highest BCUT2D eigenvalue weighted by atomic mass is 16.6. The summed E-state index contributed by atoms with van der Waals surface area (Å²) >= 11 is 0. The van der Waals surface area contributed by atoms with E-state index < -0.39 is 11.7 Å². The van der Waals surface area contributed by atoms with Gasteiger partial charge in [-0.05, 0) is 57.7 Å². The molecule has 0 spiro atoms. The predicted octanol–water partition coefficient (Wildman–Crippen LogP) is 4.20. The van der Waals surface area contributed by atoms with E-state index in [0.29, 0.717) is 19.4 Å². The molecule has 1 amide bonds. The molecule has 1 rings (SSSR count). The topological polar surface area (TPSA) is 84.9 Å². The third-order valence-corrected chi connectivity index (χ3v) is 3.92. The highest BCUT2D eigenvalue weighted by molar-refractivity contribution is 5.72. The Balaban J connectivity index is 2.75. The molecule has 152 valence electrons. The van der Waals surface area contributed by atoms with Crippen molar-refractivity contribution in [2.45, 2.75) is 71.9 Å². The monoisotopic (exact) mass is 379 g/mol. The van der Waals surface area contributed by atoms with Crippen molar-refractivity contribution >= 4 is 12.1 Å². The van der Waals surface area contributed by atoms with Crippen LogP contribution in [0.15, 0.2) is 24.3 Å². The van der Waals surface area contributed by atoms with Gasteiger partial charge in [0.05, 0.1) is 12.5 Å². The van der Waals surface area contributed by atoms with Gasteiger partial charge in [0.15, 0.2) is 0 Å². The van der Waals surface area contributed by atoms with Crippen LogP contribution in [0.3, 0.4) is 0 Å². The predicted molar refractivity (Wildman–Crippen MR) is 105 cm³/mol. The van der Waals surface area contributed by atoms with E-state index in [1.165, 1.54) is 0 Å². The molecule has 0 radical (unpaired) electrons. The zero-order valence-electron chi connectivity index (χ0n) is 17.1. The maximum Gasteiger partial charge on any atom is 0.407 e. The van der Waals surface area contributed by atoms with Gasteiger partial charge in [-0.25, -0.2) is 4.79 Å². The van der Waals surface area contributed by atoms with Crippen molar-refractivity contribution in [3.05, 3.63) is 29.8 Å². The summed E-state index contributed by atoms with van der Waals surface area (Å²) < 4.78 is 10.6. The van der Waals surface area contributed by atoms with Crippen LogP contribution in [-0.4, -0.2) is 35.4 Å². The van der Waals surface area contributed by atoms with E-state index in [1.807, 2.05) is 6.92 Å². The second-order valence-corrected chi connectivity index (χ2v) is 7.87. The molecule has 0 aliphatic carbocycles. The summed E-state index contributed by atoms with van der Waals surface area (Å²) in [4.78, 5) is 24.4. The Morgan fingerprint density at radius 3 is 2.37 bits per heavy atom. The first-order chi connectivity index (χ1) is 12.6. The Morgan fingerprint density at radius 2 is 1.81 bits per heavy atom. The van der Waals surface area contributed by atoms with Crippen LogP contribution in [0, 0.1) is 5.92 Å². The van der Waals surface area contributed by atoms with Gasteiger partial charge in [0.1, 0.15) is 11.4 Å². The number of ether oxygens (including phenoxy) is 2. The molecule has 0 aliphatic heterocycles. The quantitative estimate of drug-likeness (QED) is 0.496. The molecule has 1 unspecified atom stereocenters. The van der Waals surface area contributed by atoms with Gasteiger partial charge in [0.2, 0.25) is 0 Å². The number of rotatable bonds is 9. The van der Waals surface area contributed by atoms with Gasteiger partial charge < -0.3 is 19.9 Å². The van der Waals surface area contributed by atoms with E-state index >= 15 is 0 Å². The number of carbonyl (C=O) groups is 2. The molecule has 0 aliphatic rings. The number of unbranched alkanes of at least 4 members (excludes halogenated alkanes) is 1. The zero-order valence-corrected chi connectivity index (χ0v) is 17.1. The zero-order chi connectivity index (χ0) is 20.4. The maximum atomic E-state index is 12.2. The highest BCUT2D eigenvalue weighted by Gasteiger charge is 2.24. The lowest BCUT2D eigenvalue weighted by Crippen LogP contribution is -2.41. The van der Waals surface area contributed by atoms with Crippen LogP contribution < -0.4 is 5.32 Å². The summed E-state index contributed by atoms with van der Waals surface area (Å²) in [6.07, 6.45) is 2.24. The van der Waals surface area contributed by atoms with Crippen LogP contribution in [-0.2, 0) is 20.7 Å². The molecule has 27 heavy (non-hydrogen) atoms. The average Bonchev–Trinajstić information content (AvgIpc) is 2.55. The lowest BCUT2D eigenvalue weighted by Gasteiger charge is -2.25. The van der Waals surface area contributed by atoms with Crippen LogP contribution in [0.25, 0.3) is 0 Å². The van der Waals surface area contributed by atoms with Gasteiger partial charge in [-0.1, -0.05) is 32.4 Å². The fourth-order valence-corrected chi connectivity index (χ4v) is 2.57. The SMILES string of the molecule is CCCCOC(=O)C(C)C[C@H](Cc1ccc(O)cc1)NC(=O)OC(C)(C)C. The third-order valence-electron chi connectivity index (χ3n) is 3.92. The van der Waals surface area contributed by atoms with Gasteiger partial charge in [0.25, 0.3) is 0 Å². The van der Waals surface area contributed by atoms with Crippen LogP contribution in [0.2, 0.25) is 0 Å². The Kier molecular flexibility index (Phi) is 9.12. The van der Waals surface area contributed by atoms with Crippen molar-refractivity contribution in [1.29, 1.82) is 0 Å². The number of phenols is 1. The molecule has 0 bridgehead atoms. The number of hydrogen-bond acceptors (Lipinski definition) is 5. The van der Waals surface area contributed by atoms with Gasteiger partial charge in [-0.15, -0.1) is 0 Å². The minimum atomic E-state index is -0.599. The highest BCUT2D eigenvalue weighted by Crippen LogP contribution is 2.17. The third kappa shape index (κ3) is 9.87. The number of carbonyl (C=O) groups excluding carboxylic acids is 2. The molecular weight excluding hydrogens is 346 g/mol. The summed E-state index contributed by atoms with van der Waals surface area (Å²) in [6, 6.07) is 6.50. The van der Waals surface area contributed by atoms with E-state index in [0.717, 1.165) is 18.4 Å². The van der Waals surface area contributed by atoms with Crippen molar-refractivity contribution in [1.82, 2.24) is 5.32 Å². The fourth-order valence-electron chi connectivity index (χ4n) is 2.57. The molecule has 0 heterocycles. The molecule has 2 N–H and O–H groups in total. The van der Waals surface area contributed by atoms with Gasteiger partial charge in [-0.2, -0.15) is 0 Å². The van der Waals surface area contributed by atoms with Crippen molar-refractivity contribution in [3.8, 4) is 5.75 Å². The summed E-state index contributed by atoms with van der Waals surface area (Å²) in [5.41, 5.74) is 0.345. The molecule has 6 heteroatoms. The minimum Gasteiger partial charge on any atom is -0.508 e. The summed E-state index contributed by atoms with van der Waals surface area (Å²) in [6.45, 7) is 9.66. The molecule has 0 saturated carbocycles. The van der Waals surface area contributed by atoms with Crippen molar-refractivity contribution < 1.29 is 24.2 Å². The van der Waals surface area contributed by atoms with Crippen molar-refractivity contribution in [3.63, 3.8) is 0 Å². The molecule has 6 nitrogen and oxygen atoms in total. The van der Waals surface area contributed by atoms with E-state index in [-0.39, 0.29) is 23.7 Å². The van der Waals surface area contributed by atoms with Crippen LogP contribution in [0.4, 0.5) is 4.79 Å². The first-order valence-corrected chi connectivity index (χ1v) is 9.54. The number of alkyl carbamates (subject to hydrolysis) is 1. The first-order valence-electron chi connectivity index (χ1n) is 9.54. The Labute approximate surface area is 162 Å². The van der Waals surface area contributed by atoms with Crippen LogP contribution in [0.5, 0.6) is 5.75 Å². The fraction of sp³-hybridized carbons (Fsp3) is 0.619. The summed E-state index contributed by atoms with van der Waals surface area (Å²) in [5, 5.41) is 12.3. The lowest BCUT2D eigenvalue weighted by molar-refractivity contribution is -0.148. The van der Waals surface area contributed by atoms with Crippen LogP contribution >= 0.6 is 0 Å². The Morgan fingerprint density at radius 1 is 1.19 bits per heavy atom. The average molecular weight is 379 g/mol. The van der Waals surface area contributed by atoms with Crippen molar-refractivity contribution in [2.24, 2.45) is 5.92 Å². The van der Waals surface area contributed by atoms with Crippen molar-refractivity contribution in [2.75, 3.05) is 6.61 Å². The number of esters is 1. The normalized spacial score (nSPS) is 13.5. The van der Waals surface area contributed by atoms with E-state index in [9.17, 15) is 14.7 Å². The molecule has 0 saturated heterocycles. The largest absolute Gasteiger partial charge is 0.508 e. The number of phenolic OH excluding ortho intramolecular Hbond substituents is 1. The second-order valence-electron chi connectivity index (χ2n) is 7.87. The summed E-state index contributed by atoms with van der Waals surface area (Å²) in [7, 11) is 0. The van der Waals surface area contributed by atoms with E-state index in [1.54, 1.807) is 52.0 Å². The number of amides is 1.